The number of aromatic nitrogens is 3. The quantitative estimate of drug-likeness (QED) is 0.771. The summed E-state index contributed by atoms with van der Waals surface area (Å²) in [6.45, 7) is 1.83. The van der Waals surface area contributed by atoms with E-state index in [1.807, 2.05) is 6.07 Å². The predicted molar refractivity (Wildman–Crippen MR) is 87.7 cm³/mol. The number of halogens is 1. The number of nitrogens with one attached hydrogen (secondary N) is 1. The van der Waals surface area contributed by atoms with Gasteiger partial charge in [0.1, 0.15) is 0 Å². The lowest BCUT2D eigenvalue weighted by Gasteiger charge is -2.27. The van der Waals surface area contributed by atoms with Gasteiger partial charge in [-0.2, -0.15) is 0 Å². The largest absolute Gasteiger partial charge is 0.297 e. The van der Waals surface area contributed by atoms with Crippen molar-refractivity contribution in [3.63, 3.8) is 0 Å². The molecule has 0 saturated heterocycles. The van der Waals surface area contributed by atoms with E-state index in [2.05, 4.69) is 35.8 Å². The van der Waals surface area contributed by atoms with Crippen LogP contribution in [-0.2, 0) is 29.3 Å². The van der Waals surface area contributed by atoms with Gasteiger partial charge in [0, 0.05) is 49.2 Å². The second-order valence-corrected chi connectivity index (χ2v) is 8.28. The fourth-order valence-electron chi connectivity index (χ4n) is 2.54. The van der Waals surface area contributed by atoms with E-state index in [-0.39, 0.29) is 10.7 Å². The molecule has 1 N–H and O–H groups in total. The van der Waals surface area contributed by atoms with E-state index in [0.29, 0.717) is 37.3 Å². The maximum atomic E-state index is 12.2. The second kappa shape index (κ2) is 6.14. The Bertz CT molecular complexity index is 910. The molecule has 2 aromatic rings. The summed E-state index contributed by atoms with van der Waals surface area (Å²) in [5, 5.41) is -0.258. The summed E-state index contributed by atoms with van der Waals surface area (Å²) in [6.07, 6.45) is 5.04. The highest BCUT2D eigenvalue weighted by molar-refractivity contribution is 9.10. The Morgan fingerprint density at radius 1 is 1.43 bits per heavy atom. The first kappa shape index (κ1) is 16.3. The van der Waals surface area contributed by atoms with Crippen molar-refractivity contribution in [2.75, 3.05) is 12.8 Å². The molecule has 7 nitrogen and oxygen atoms in total. The molecular weight excluding hydrogens is 384 g/mol. The third kappa shape index (κ3) is 3.51. The molecule has 0 spiro atoms. The first-order valence-electron chi connectivity index (χ1n) is 6.97. The van der Waals surface area contributed by atoms with Crippen molar-refractivity contribution in [1.29, 1.82) is 0 Å². The summed E-state index contributed by atoms with van der Waals surface area (Å²) in [5.41, 5.74) is 1.81. The van der Waals surface area contributed by atoms with Crippen molar-refractivity contribution in [1.82, 2.24) is 19.9 Å². The molecule has 9 heteroatoms. The molecule has 23 heavy (non-hydrogen) atoms. The standard InChI is InChI=1S/C14H15BrN4O3S/c1-23(21,22)14-17-12-3-5-19(8-10(12)13(20)18-14)7-9-2-4-16-6-11(9)15/h2,4,6H,3,5,7-8H2,1H3,(H,17,18,20). The van der Waals surface area contributed by atoms with E-state index in [1.54, 1.807) is 12.4 Å². The Morgan fingerprint density at radius 2 is 2.22 bits per heavy atom. The first-order valence-corrected chi connectivity index (χ1v) is 9.66. The smallest absolute Gasteiger partial charge is 0.256 e. The molecule has 0 unspecified atom stereocenters. The summed E-state index contributed by atoms with van der Waals surface area (Å²) < 4.78 is 24.0. The molecule has 0 bridgehead atoms. The van der Waals surface area contributed by atoms with Crippen molar-refractivity contribution < 1.29 is 8.42 Å². The number of sulfone groups is 1. The molecule has 0 aromatic carbocycles. The topological polar surface area (TPSA) is 96.0 Å². The number of H-pyrrole nitrogens is 1. The van der Waals surface area contributed by atoms with E-state index in [4.69, 9.17) is 0 Å². The monoisotopic (exact) mass is 398 g/mol. The highest BCUT2D eigenvalue weighted by Gasteiger charge is 2.23. The fraction of sp³-hybridized carbons (Fsp3) is 0.357. The Kier molecular flexibility index (Phi) is 4.35. The van der Waals surface area contributed by atoms with Gasteiger partial charge in [-0.05, 0) is 27.6 Å². The van der Waals surface area contributed by atoms with E-state index < -0.39 is 9.84 Å². The van der Waals surface area contributed by atoms with Crippen LogP contribution in [0, 0.1) is 0 Å². The Hall–Kier alpha value is -1.58. The second-order valence-electron chi connectivity index (χ2n) is 5.50. The highest BCUT2D eigenvalue weighted by atomic mass is 79.9. The Labute approximate surface area is 141 Å². The normalized spacial score (nSPS) is 15.4. The van der Waals surface area contributed by atoms with Gasteiger partial charge >= 0.3 is 0 Å². The number of pyridine rings is 1. The SMILES string of the molecule is CS(=O)(=O)c1nc2c(c(=O)[nH]1)CN(Cc1ccncc1Br)CC2. The molecule has 0 atom stereocenters. The van der Waals surface area contributed by atoms with E-state index in [0.717, 1.165) is 16.3 Å². The van der Waals surface area contributed by atoms with Crippen LogP contribution in [0.4, 0.5) is 0 Å². The summed E-state index contributed by atoms with van der Waals surface area (Å²) in [4.78, 5) is 24.8. The maximum absolute atomic E-state index is 12.2. The number of aromatic amines is 1. The fourth-order valence-corrected chi connectivity index (χ4v) is 3.47. The van der Waals surface area contributed by atoms with Crippen molar-refractivity contribution in [2.45, 2.75) is 24.7 Å². The number of rotatable bonds is 3. The summed E-state index contributed by atoms with van der Waals surface area (Å²) >= 11 is 3.46. The Morgan fingerprint density at radius 3 is 2.91 bits per heavy atom. The van der Waals surface area contributed by atoms with Crippen LogP contribution in [0.3, 0.4) is 0 Å². The molecule has 0 amide bonds. The predicted octanol–water partition coefficient (Wildman–Crippen LogP) is 0.889. The molecular formula is C14H15BrN4O3S. The zero-order chi connectivity index (χ0) is 16.6. The lowest BCUT2D eigenvalue weighted by Crippen LogP contribution is -2.36. The molecule has 0 saturated carbocycles. The van der Waals surface area contributed by atoms with Crippen molar-refractivity contribution in [2.24, 2.45) is 0 Å². The molecule has 1 aliphatic heterocycles. The minimum Gasteiger partial charge on any atom is -0.297 e. The summed E-state index contributed by atoms with van der Waals surface area (Å²) in [6, 6.07) is 1.93. The van der Waals surface area contributed by atoms with Crippen LogP contribution in [-0.4, -0.2) is 41.1 Å². The number of fused-ring (bicyclic) bond motifs is 1. The minimum atomic E-state index is -3.52. The van der Waals surface area contributed by atoms with Crippen LogP contribution in [0.5, 0.6) is 0 Å². The molecule has 122 valence electrons. The first-order chi connectivity index (χ1) is 10.8. The maximum Gasteiger partial charge on any atom is 0.256 e. The summed E-state index contributed by atoms with van der Waals surface area (Å²) in [5.74, 6) is 0. The van der Waals surface area contributed by atoms with Crippen molar-refractivity contribution in [3.8, 4) is 0 Å². The highest BCUT2D eigenvalue weighted by Crippen LogP contribution is 2.21. The van der Waals surface area contributed by atoms with Gasteiger partial charge in [0.25, 0.3) is 5.56 Å². The molecule has 0 radical (unpaired) electrons. The van der Waals surface area contributed by atoms with Crippen LogP contribution in [0.2, 0.25) is 0 Å². The average molecular weight is 399 g/mol. The van der Waals surface area contributed by atoms with Crippen molar-refractivity contribution in [3.05, 3.63) is 50.1 Å². The zero-order valence-corrected chi connectivity index (χ0v) is 14.8. The van der Waals surface area contributed by atoms with Crippen LogP contribution in [0.15, 0.2) is 32.9 Å². The lowest BCUT2D eigenvalue weighted by molar-refractivity contribution is 0.240. The van der Waals surface area contributed by atoms with Crippen LogP contribution < -0.4 is 5.56 Å². The number of hydrogen-bond acceptors (Lipinski definition) is 6. The van der Waals surface area contributed by atoms with Gasteiger partial charge in [-0.1, -0.05) is 0 Å². The van der Waals surface area contributed by atoms with Crippen molar-refractivity contribution >= 4 is 25.8 Å². The van der Waals surface area contributed by atoms with Gasteiger partial charge in [0.15, 0.2) is 0 Å². The third-order valence-corrected chi connectivity index (χ3v) is 5.34. The number of hydrogen-bond donors (Lipinski definition) is 1. The minimum absolute atomic E-state index is 0.258. The van der Waals surface area contributed by atoms with Crippen LogP contribution >= 0.6 is 15.9 Å². The van der Waals surface area contributed by atoms with E-state index in [1.165, 1.54) is 0 Å². The van der Waals surface area contributed by atoms with Crippen LogP contribution in [0.1, 0.15) is 16.8 Å². The lowest BCUT2D eigenvalue weighted by atomic mass is 10.1. The van der Waals surface area contributed by atoms with Gasteiger partial charge in [-0.25, -0.2) is 13.4 Å². The molecule has 1 aliphatic rings. The van der Waals surface area contributed by atoms with Crippen LogP contribution in [0.25, 0.3) is 0 Å². The average Bonchev–Trinajstić information content (AvgIpc) is 2.49. The molecule has 2 aromatic heterocycles. The van der Waals surface area contributed by atoms with Gasteiger partial charge in [0.2, 0.25) is 15.0 Å². The zero-order valence-electron chi connectivity index (χ0n) is 12.4. The van der Waals surface area contributed by atoms with Gasteiger partial charge < -0.3 is 0 Å². The molecule has 0 aliphatic carbocycles. The van der Waals surface area contributed by atoms with E-state index >= 15 is 0 Å². The third-order valence-electron chi connectivity index (χ3n) is 3.73. The molecule has 3 heterocycles. The van der Waals surface area contributed by atoms with E-state index in [9.17, 15) is 13.2 Å². The van der Waals surface area contributed by atoms with Gasteiger partial charge in [-0.15, -0.1) is 0 Å². The molecule has 3 rings (SSSR count). The summed E-state index contributed by atoms with van der Waals surface area (Å²) in [7, 11) is -3.52. The number of nitrogens with zero attached hydrogens (tertiary/aromatic N) is 3. The Balaban J connectivity index is 1.87. The van der Waals surface area contributed by atoms with Gasteiger partial charge in [-0.3, -0.25) is 19.7 Å². The molecule has 0 fully saturated rings. The van der Waals surface area contributed by atoms with Gasteiger partial charge in [0.05, 0.1) is 11.3 Å².